The van der Waals surface area contributed by atoms with Crippen molar-refractivity contribution in [2.75, 3.05) is 7.05 Å². The molecule has 3 rings (SSSR count). The van der Waals surface area contributed by atoms with E-state index in [1.165, 1.54) is 0 Å². The highest BCUT2D eigenvalue weighted by molar-refractivity contribution is 6.06. The summed E-state index contributed by atoms with van der Waals surface area (Å²) < 4.78 is 7.51. The highest BCUT2D eigenvalue weighted by Gasteiger charge is 2.18. The summed E-state index contributed by atoms with van der Waals surface area (Å²) in [6, 6.07) is 11.7. The van der Waals surface area contributed by atoms with E-state index in [0.29, 0.717) is 6.54 Å². The van der Waals surface area contributed by atoms with Gasteiger partial charge in [0.05, 0.1) is 12.1 Å². The second-order valence-corrected chi connectivity index (χ2v) is 5.34. The number of hydrogen-bond acceptors (Lipinski definition) is 2. The molecule has 2 heterocycles. The molecule has 108 valence electrons. The van der Waals surface area contributed by atoms with Crippen LogP contribution in [-0.4, -0.2) is 22.4 Å². The van der Waals surface area contributed by atoms with Crippen molar-refractivity contribution in [3.8, 4) is 0 Å². The van der Waals surface area contributed by atoms with Crippen LogP contribution in [0.25, 0.3) is 10.9 Å². The highest BCUT2D eigenvalue weighted by atomic mass is 16.3. The normalized spacial score (nSPS) is 11.0. The van der Waals surface area contributed by atoms with Gasteiger partial charge in [0.2, 0.25) is 0 Å². The molecule has 0 aliphatic rings. The molecule has 0 spiro atoms. The van der Waals surface area contributed by atoms with Crippen LogP contribution in [0.2, 0.25) is 0 Å². The van der Waals surface area contributed by atoms with Crippen molar-refractivity contribution in [2.24, 2.45) is 7.05 Å². The molecule has 0 saturated carbocycles. The van der Waals surface area contributed by atoms with Crippen molar-refractivity contribution in [1.29, 1.82) is 0 Å². The lowest BCUT2D eigenvalue weighted by Crippen LogP contribution is -2.25. The van der Waals surface area contributed by atoms with Gasteiger partial charge in [0.15, 0.2) is 0 Å². The molecular formula is C17H18N2O2. The Hall–Kier alpha value is -2.49. The summed E-state index contributed by atoms with van der Waals surface area (Å²) in [4.78, 5) is 14.3. The molecule has 0 aliphatic heterocycles. The fraction of sp³-hybridized carbons (Fsp3) is 0.235. The van der Waals surface area contributed by atoms with E-state index in [-0.39, 0.29) is 5.91 Å². The van der Waals surface area contributed by atoms with Gasteiger partial charge >= 0.3 is 0 Å². The topological polar surface area (TPSA) is 38.4 Å². The third-order valence-electron chi connectivity index (χ3n) is 3.66. The van der Waals surface area contributed by atoms with Crippen LogP contribution in [0.5, 0.6) is 0 Å². The molecule has 4 heteroatoms. The lowest BCUT2D eigenvalue weighted by atomic mass is 10.1. The molecule has 0 fully saturated rings. The van der Waals surface area contributed by atoms with Gasteiger partial charge in [0.25, 0.3) is 5.91 Å². The predicted molar refractivity (Wildman–Crippen MR) is 82.2 cm³/mol. The van der Waals surface area contributed by atoms with E-state index in [0.717, 1.165) is 28.0 Å². The van der Waals surface area contributed by atoms with E-state index in [9.17, 15) is 4.79 Å². The van der Waals surface area contributed by atoms with Crippen molar-refractivity contribution < 1.29 is 9.21 Å². The van der Waals surface area contributed by atoms with Crippen LogP contribution in [0.1, 0.15) is 21.9 Å². The maximum Gasteiger partial charge on any atom is 0.256 e. The molecule has 3 aromatic rings. The van der Waals surface area contributed by atoms with E-state index >= 15 is 0 Å². The van der Waals surface area contributed by atoms with Crippen LogP contribution >= 0.6 is 0 Å². The number of carbonyl (C=O) groups is 1. The molecule has 0 unspecified atom stereocenters. The van der Waals surface area contributed by atoms with Crippen molar-refractivity contribution in [2.45, 2.75) is 13.5 Å². The van der Waals surface area contributed by atoms with Crippen LogP contribution in [0.3, 0.4) is 0 Å². The van der Waals surface area contributed by atoms with Crippen molar-refractivity contribution in [3.05, 3.63) is 59.7 Å². The van der Waals surface area contributed by atoms with Gasteiger partial charge in [-0.25, -0.2) is 0 Å². The Balaban J connectivity index is 1.89. The molecule has 0 aliphatic carbocycles. The van der Waals surface area contributed by atoms with Crippen LogP contribution in [0.15, 0.2) is 47.0 Å². The zero-order chi connectivity index (χ0) is 15.0. The zero-order valence-corrected chi connectivity index (χ0v) is 12.5. The number of aromatic nitrogens is 1. The first kappa shape index (κ1) is 13.5. The van der Waals surface area contributed by atoms with E-state index in [2.05, 4.69) is 0 Å². The van der Waals surface area contributed by atoms with Gasteiger partial charge in [-0.3, -0.25) is 4.79 Å². The molecular weight excluding hydrogens is 264 g/mol. The quantitative estimate of drug-likeness (QED) is 0.739. The van der Waals surface area contributed by atoms with Gasteiger partial charge in [0, 0.05) is 31.2 Å². The Labute approximate surface area is 123 Å². The second kappa shape index (κ2) is 5.13. The molecule has 0 bridgehead atoms. The smallest absolute Gasteiger partial charge is 0.256 e. The van der Waals surface area contributed by atoms with E-state index in [4.69, 9.17) is 4.42 Å². The first-order valence-electron chi connectivity index (χ1n) is 6.91. The summed E-state index contributed by atoms with van der Waals surface area (Å²) >= 11 is 0. The van der Waals surface area contributed by atoms with Crippen molar-refractivity contribution >= 4 is 16.8 Å². The summed E-state index contributed by atoms with van der Waals surface area (Å²) in [6.45, 7) is 2.37. The fourth-order valence-corrected chi connectivity index (χ4v) is 2.59. The van der Waals surface area contributed by atoms with Crippen LogP contribution in [-0.2, 0) is 13.6 Å². The minimum Gasteiger partial charge on any atom is -0.464 e. The number of carbonyl (C=O) groups excluding carboxylic acids is 1. The molecule has 0 atom stereocenters. The lowest BCUT2D eigenvalue weighted by molar-refractivity contribution is 0.0776. The van der Waals surface area contributed by atoms with Crippen LogP contribution in [0, 0.1) is 6.92 Å². The lowest BCUT2D eigenvalue weighted by Gasteiger charge is -2.15. The first-order chi connectivity index (χ1) is 10.1. The van der Waals surface area contributed by atoms with Gasteiger partial charge in [-0.15, -0.1) is 0 Å². The first-order valence-corrected chi connectivity index (χ1v) is 6.91. The van der Waals surface area contributed by atoms with Gasteiger partial charge in [0.1, 0.15) is 11.5 Å². The number of para-hydroxylation sites is 1. The molecule has 1 amide bonds. The third-order valence-corrected chi connectivity index (χ3v) is 3.66. The Morgan fingerprint density at radius 3 is 2.71 bits per heavy atom. The van der Waals surface area contributed by atoms with Gasteiger partial charge in [-0.1, -0.05) is 18.2 Å². The number of benzene rings is 1. The summed E-state index contributed by atoms with van der Waals surface area (Å²) in [5.74, 6) is 1.65. The maximum absolute atomic E-state index is 12.7. The summed E-state index contributed by atoms with van der Waals surface area (Å²) in [5, 5.41) is 0.979. The fourth-order valence-electron chi connectivity index (χ4n) is 2.59. The SMILES string of the molecule is Cc1ccc(CN(C)C(=O)c2cn(C)c3ccccc23)o1. The molecule has 0 radical (unpaired) electrons. The standard InChI is InChI=1S/C17H18N2O2/c1-12-8-9-13(21-12)10-19(3)17(20)15-11-18(2)16-7-5-4-6-14(15)16/h4-9,11H,10H2,1-3H3. The van der Waals surface area contributed by atoms with E-state index in [1.807, 2.05) is 61.1 Å². The van der Waals surface area contributed by atoms with E-state index < -0.39 is 0 Å². The Morgan fingerprint density at radius 2 is 2.00 bits per heavy atom. The average molecular weight is 282 g/mol. The number of hydrogen-bond donors (Lipinski definition) is 0. The number of rotatable bonds is 3. The van der Waals surface area contributed by atoms with Crippen molar-refractivity contribution in [3.63, 3.8) is 0 Å². The highest BCUT2D eigenvalue weighted by Crippen LogP contribution is 2.22. The van der Waals surface area contributed by atoms with Crippen LogP contribution < -0.4 is 0 Å². The summed E-state index contributed by atoms with van der Waals surface area (Å²) in [6.07, 6.45) is 1.89. The Bertz CT molecular complexity index is 798. The second-order valence-electron chi connectivity index (χ2n) is 5.34. The predicted octanol–water partition coefficient (Wildman–Crippen LogP) is 3.35. The zero-order valence-electron chi connectivity index (χ0n) is 12.5. The molecule has 2 aromatic heterocycles. The monoisotopic (exact) mass is 282 g/mol. The number of fused-ring (bicyclic) bond motifs is 1. The number of amides is 1. The minimum atomic E-state index is 0.000790. The summed E-state index contributed by atoms with van der Waals surface area (Å²) in [7, 11) is 3.75. The molecule has 0 N–H and O–H groups in total. The van der Waals surface area contributed by atoms with Gasteiger partial charge in [-0.2, -0.15) is 0 Å². The molecule has 1 aromatic carbocycles. The maximum atomic E-state index is 12.7. The number of nitrogens with zero attached hydrogens (tertiary/aromatic N) is 2. The molecule has 0 saturated heterocycles. The third kappa shape index (κ3) is 2.44. The average Bonchev–Trinajstić information content (AvgIpc) is 3.03. The van der Waals surface area contributed by atoms with E-state index in [1.54, 1.807) is 11.9 Å². The molecule has 4 nitrogen and oxygen atoms in total. The Kier molecular flexibility index (Phi) is 3.29. The molecule has 21 heavy (non-hydrogen) atoms. The number of aryl methyl sites for hydroxylation is 2. The minimum absolute atomic E-state index is 0.000790. The van der Waals surface area contributed by atoms with Crippen molar-refractivity contribution in [1.82, 2.24) is 9.47 Å². The largest absolute Gasteiger partial charge is 0.464 e. The van der Waals surface area contributed by atoms with Crippen LogP contribution in [0.4, 0.5) is 0 Å². The summed E-state index contributed by atoms with van der Waals surface area (Å²) in [5.41, 5.74) is 1.78. The number of furan rings is 1. The van der Waals surface area contributed by atoms with Gasteiger partial charge < -0.3 is 13.9 Å². The Morgan fingerprint density at radius 1 is 1.24 bits per heavy atom. The van der Waals surface area contributed by atoms with Gasteiger partial charge in [-0.05, 0) is 25.1 Å².